The fourth-order valence-corrected chi connectivity index (χ4v) is 3.68. The standard InChI is InChI=1S/C14H22N2O2/c15-10-13-3-1-2-6-16(13)12-4-7-18-14(9-12)5-8-17-11-14/h12-13H,1-9,11H2. The molecule has 0 bridgehead atoms. The van der Waals surface area contributed by atoms with Gasteiger partial charge >= 0.3 is 0 Å². The zero-order chi connectivity index (χ0) is 12.4. The number of nitriles is 1. The molecule has 18 heavy (non-hydrogen) atoms. The summed E-state index contributed by atoms with van der Waals surface area (Å²) in [6.07, 6.45) is 6.61. The van der Waals surface area contributed by atoms with Crippen LogP contribution in [-0.4, -0.2) is 49.0 Å². The first-order valence-corrected chi connectivity index (χ1v) is 7.20. The summed E-state index contributed by atoms with van der Waals surface area (Å²) in [4.78, 5) is 2.44. The minimum absolute atomic E-state index is 0.0413. The Morgan fingerprint density at radius 3 is 2.94 bits per heavy atom. The molecule has 3 atom stereocenters. The highest BCUT2D eigenvalue weighted by atomic mass is 16.6. The third-order valence-corrected chi connectivity index (χ3v) is 4.70. The summed E-state index contributed by atoms with van der Waals surface area (Å²) in [5.74, 6) is 0. The topological polar surface area (TPSA) is 45.5 Å². The van der Waals surface area contributed by atoms with Crippen molar-refractivity contribution in [2.24, 2.45) is 0 Å². The van der Waals surface area contributed by atoms with E-state index >= 15 is 0 Å². The molecule has 3 aliphatic heterocycles. The lowest BCUT2D eigenvalue weighted by Crippen LogP contribution is -2.53. The summed E-state index contributed by atoms with van der Waals surface area (Å²) < 4.78 is 11.5. The SMILES string of the molecule is N#CC1CCCCN1C1CCOC2(CCOC2)C1. The number of nitrogens with zero attached hydrogens (tertiary/aromatic N) is 2. The van der Waals surface area contributed by atoms with Gasteiger partial charge in [0.1, 0.15) is 0 Å². The van der Waals surface area contributed by atoms with Crippen molar-refractivity contribution < 1.29 is 9.47 Å². The molecule has 3 rings (SSSR count). The summed E-state index contributed by atoms with van der Waals surface area (Å²) in [6, 6.07) is 3.13. The number of rotatable bonds is 1. The number of piperidine rings is 1. The highest BCUT2D eigenvalue weighted by molar-refractivity contribution is 5.00. The van der Waals surface area contributed by atoms with Crippen LogP contribution in [0, 0.1) is 11.3 Å². The van der Waals surface area contributed by atoms with Crippen LogP contribution in [0.3, 0.4) is 0 Å². The summed E-state index contributed by atoms with van der Waals surface area (Å²) in [6.45, 7) is 3.48. The Morgan fingerprint density at radius 2 is 2.17 bits per heavy atom. The van der Waals surface area contributed by atoms with Crippen LogP contribution in [0.15, 0.2) is 0 Å². The summed E-state index contributed by atoms with van der Waals surface area (Å²) in [5, 5.41) is 9.30. The van der Waals surface area contributed by atoms with Crippen LogP contribution in [0.4, 0.5) is 0 Å². The summed E-state index contributed by atoms with van der Waals surface area (Å²) in [7, 11) is 0. The zero-order valence-electron chi connectivity index (χ0n) is 10.9. The van der Waals surface area contributed by atoms with E-state index in [-0.39, 0.29) is 11.6 Å². The fourth-order valence-electron chi connectivity index (χ4n) is 3.68. The van der Waals surface area contributed by atoms with Gasteiger partial charge in [-0.3, -0.25) is 4.90 Å². The zero-order valence-corrected chi connectivity index (χ0v) is 10.9. The second kappa shape index (κ2) is 5.16. The molecule has 3 heterocycles. The largest absolute Gasteiger partial charge is 0.378 e. The van der Waals surface area contributed by atoms with Crippen molar-refractivity contribution in [2.45, 2.75) is 56.2 Å². The van der Waals surface area contributed by atoms with Crippen molar-refractivity contribution in [3.63, 3.8) is 0 Å². The molecule has 1 spiro atoms. The summed E-state index contributed by atoms with van der Waals surface area (Å²) in [5.41, 5.74) is -0.0413. The van der Waals surface area contributed by atoms with Crippen LogP contribution >= 0.6 is 0 Å². The molecule has 4 heteroatoms. The predicted octanol–water partition coefficient (Wildman–Crippen LogP) is 1.70. The maximum Gasteiger partial charge on any atom is 0.0980 e. The second-order valence-corrected chi connectivity index (χ2v) is 5.86. The Kier molecular flexibility index (Phi) is 3.56. The Morgan fingerprint density at radius 1 is 1.22 bits per heavy atom. The first kappa shape index (κ1) is 12.4. The van der Waals surface area contributed by atoms with Gasteiger partial charge in [-0.05, 0) is 38.6 Å². The first-order chi connectivity index (χ1) is 8.83. The Balaban J connectivity index is 1.69. The van der Waals surface area contributed by atoms with Gasteiger partial charge in [0.15, 0.2) is 0 Å². The van der Waals surface area contributed by atoms with Crippen molar-refractivity contribution in [2.75, 3.05) is 26.4 Å². The van der Waals surface area contributed by atoms with Gasteiger partial charge in [0, 0.05) is 25.7 Å². The maximum absolute atomic E-state index is 9.30. The van der Waals surface area contributed by atoms with Gasteiger partial charge in [0.2, 0.25) is 0 Å². The van der Waals surface area contributed by atoms with Crippen LogP contribution in [0.1, 0.15) is 38.5 Å². The van der Waals surface area contributed by atoms with E-state index in [0.29, 0.717) is 6.04 Å². The highest BCUT2D eigenvalue weighted by Gasteiger charge is 2.43. The van der Waals surface area contributed by atoms with Crippen molar-refractivity contribution in [3.05, 3.63) is 0 Å². The molecule has 3 fully saturated rings. The molecule has 0 radical (unpaired) electrons. The molecular weight excluding hydrogens is 228 g/mol. The molecule has 3 aliphatic rings. The van der Waals surface area contributed by atoms with E-state index in [1.807, 2.05) is 0 Å². The Hall–Kier alpha value is -0.630. The minimum Gasteiger partial charge on any atom is -0.378 e. The van der Waals surface area contributed by atoms with Gasteiger partial charge in [-0.1, -0.05) is 0 Å². The first-order valence-electron chi connectivity index (χ1n) is 7.20. The van der Waals surface area contributed by atoms with Crippen LogP contribution < -0.4 is 0 Å². The molecule has 0 N–H and O–H groups in total. The molecule has 0 saturated carbocycles. The highest BCUT2D eigenvalue weighted by Crippen LogP contribution is 2.36. The van der Waals surface area contributed by atoms with Crippen LogP contribution in [0.25, 0.3) is 0 Å². The van der Waals surface area contributed by atoms with Gasteiger partial charge in [0.25, 0.3) is 0 Å². The van der Waals surface area contributed by atoms with Crippen molar-refractivity contribution in [3.8, 4) is 6.07 Å². The van der Waals surface area contributed by atoms with Gasteiger partial charge in [-0.15, -0.1) is 0 Å². The smallest absolute Gasteiger partial charge is 0.0980 e. The van der Waals surface area contributed by atoms with Gasteiger partial charge in [-0.25, -0.2) is 0 Å². The molecular formula is C14H22N2O2. The van der Waals surface area contributed by atoms with E-state index in [0.717, 1.165) is 52.0 Å². The lowest BCUT2D eigenvalue weighted by molar-refractivity contribution is -0.111. The van der Waals surface area contributed by atoms with E-state index in [4.69, 9.17) is 9.47 Å². The van der Waals surface area contributed by atoms with E-state index in [9.17, 15) is 5.26 Å². The molecule has 0 aliphatic carbocycles. The molecule has 3 unspecified atom stereocenters. The van der Waals surface area contributed by atoms with Crippen LogP contribution in [0.2, 0.25) is 0 Å². The molecule has 100 valence electrons. The van der Waals surface area contributed by atoms with E-state index in [1.54, 1.807) is 0 Å². The second-order valence-electron chi connectivity index (χ2n) is 5.86. The molecule has 4 nitrogen and oxygen atoms in total. The normalized spacial score (nSPS) is 41.9. The van der Waals surface area contributed by atoms with Gasteiger partial charge in [0.05, 0.1) is 24.3 Å². The molecule has 0 amide bonds. The molecule has 0 aromatic rings. The third-order valence-electron chi connectivity index (χ3n) is 4.70. The number of hydrogen-bond donors (Lipinski definition) is 0. The lowest BCUT2D eigenvalue weighted by Gasteiger charge is -2.45. The molecule has 0 aromatic heterocycles. The molecule has 3 saturated heterocycles. The van der Waals surface area contributed by atoms with Crippen molar-refractivity contribution in [1.82, 2.24) is 4.90 Å². The van der Waals surface area contributed by atoms with Gasteiger partial charge < -0.3 is 9.47 Å². The number of ether oxygens (including phenoxy) is 2. The van der Waals surface area contributed by atoms with Crippen LogP contribution in [0.5, 0.6) is 0 Å². The van der Waals surface area contributed by atoms with E-state index in [2.05, 4.69) is 11.0 Å². The Labute approximate surface area is 109 Å². The predicted molar refractivity (Wildman–Crippen MR) is 67.1 cm³/mol. The number of hydrogen-bond acceptors (Lipinski definition) is 4. The quantitative estimate of drug-likeness (QED) is 0.710. The number of likely N-dealkylation sites (tertiary alicyclic amines) is 1. The lowest BCUT2D eigenvalue weighted by atomic mass is 9.87. The van der Waals surface area contributed by atoms with Gasteiger partial charge in [-0.2, -0.15) is 5.26 Å². The summed E-state index contributed by atoms with van der Waals surface area (Å²) >= 11 is 0. The Bertz CT molecular complexity index is 333. The average molecular weight is 250 g/mol. The average Bonchev–Trinajstić information content (AvgIpc) is 2.86. The maximum atomic E-state index is 9.30. The monoisotopic (exact) mass is 250 g/mol. The molecule has 0 aromatic carbocycles. The minimum atomic E-state index is -0.0413. The fraction of sp³-hybridized carbons (Fsp3) is 0.929. The van der Waals surface area contributed by atoms with Crippen LogP contribution in [-0.2, 0) is 9.47 Å². The van der Waals surface area contributed by atoms with Crippen molar-refractivity contribution >= 4 is 0 Å². The third kappa shape index (κ3) is 2.27. The van der Waals surface area contributed by atoms with E-state index in [1.165, 1.54) is 12.8 Å². The van der Waals surface area contributed by atoms with E-state index < -0.39 is 0 Å². The van der Waals surface area contributed by atoms with Crippen molar-refractivity contribution in [1.29, 1.82) is 5.26 Å².